The van der Waals surface area contributed by atoms with E-state index < -0.39 is 10.0 Å². The highest BCUT2D eigenvalue weighted by Crippen LogP contribution is 2.06. The van der Waals surface area contributed by atoms with E-state index in [0.29, 0.717) is 38.6 Å². The van der Waals surface area contributed by atoms with Crippen molar-refractivity contribution in [2.45, 2.75) is 31.8 Å². The quantitative estimate of drug-likeness (QED) is 0.660. The molecule has 0 spiro atoms. The fraction of sp³-hybridized carbons (Fsp3) is 0.615. The first kappa shape index (κ1) is 17.0. The van der Waals surface area contributed by atoms with Crippen LogP contribution in [0, 0.1) is 5.92 Å². The molecule has 0 bridgehead atoms. The molecule has 7 heteroatoms. The van der Waals surface area contributed by atoms with Gasteiger partial charge in [0, 0.05) is 32.5 Å². The number of ether oxygens (including phenoxy) is 1. The number of hydrogen-bond donors (Lipinski definition) is 2. The summed E-state index contributed by atoms with van der Waals surface area (Å²) in [5.41, 5.74) is 6.24. The van der Waals surface area contributed by atoms with Crippen LogP contribution in [0.5, 0.6) is 0 Å². The van der Waals surface area contributed by atoms with E-state index in [2.05, 4.69) is 23.6 Å². The van der Waals surface area contributed by atoms with Gasteiger partial charge in [-0.15, -0.1) is 0 Å². The van der Waals surface area contributed by atoms with Gasteiger partial charge in [-0.3, -0.25) is 0 Å². The van der Waals surface area contributed by atoms with Crippen LogP contribution in [0.1, 0.15) is 25.8 Å². The van der Waals surface area contributed by atoms with Crippen LogP contribution >= 0.6 is 0 Å². The minimum atomic E-state index is -3.55. The summed E-state index contributed by atoms with van der Waals surface area (Å²) >= 11 is 0. The molecule has 0 aliphatic carbocycles. The maximum Gasteiger partial charge on any atom is 0.258 e. The van der Waals surface area contributed by atoms with Crippen LogP contribution < -0.4 is 10.5 Å². The predicted octanol–water partition coefficient (Wildman–Crippen LogP) is 0.881. The van der Waals surface area contributed by atoms with Crippen LogP contribution in [0.15, 0.2) is 23.4 Å². The lowest BCUT2D eigenvalue weighted by Crippen LogP contribution is -2.26. The van der Waals surface area contributed by atoms with Gasteiger partial charge in [0.2, 0.25) is 0 Å². The molecule has 114 valence electrons. The molecule has 0 aliphatic rings. The lowest BCUT2D eigenvalue weighted by atomic mass is 10.2. The van der Waals surface area contributed by atoms with E-state index in [-0.39, 0.29) is 5.03 Å². The second kappa shape index (κ2) is 8.31. The maximum atomic E-state index is 11.9. The number of aromatic nitrogens is 1. The Morgan fingerprint density at radius 1 is 1.40 bits per heavy atom. The summed E-state index contributed by atoms with van der Waals surface area (Å²) in [4.78, 5) is 3.90. The van der Waals surface area contributed by atoms with Crippen LogP contribution in [-0.2, 0) is 21.3 Å². The van der Waals surface area contributed by atoms with Crippen LogP contribution in [-0.4, -0.2) is 33.2 Å². The van der Waals surface area contributed by atoms with Gasteiger partial charge >= 0.3 is 0 Å². The van der Waals surface area contributed by atoms with Crippen molar-refractivity contribution in [2.75, 3.05) is 19.8 Å². The smallest absolute Gasteiger partial charge is 0.258 e. The van der Waals surface area contributed by atoms with Gasteiger partial charge in [-0.05, 0) is 24.0 Å². The van der Waals surface area contributed by atoms with Crippen molar-refractivity contribution in [2.24, 2.45) is 11.7 Å². The molecule has 0 unspecified atom stereocenters. The molecule has 1 aromatic heterocycles. The first-order valence-corrected chi connectivity index (χ1v) is 8.16. The maximum absolute atomic E-state index is 11.9. The van der Waals surface area contributed by atoms with E-state index in [4.69, 9.17) is 10.5 Å². The fourth-order valence-electron chi connectivity index (χ4n) is 1.46. The zero-order valence-electron chi connectivity index (χ0n) is 12.0. The molecule has 20 heavy (non-hydrogen) atoms. The number of rotatable bonds is 9. The zero-order valence-corrected chi connectivity index (χ0v) is 12.8. The van der Waals surface area contributed by atoms with Gasteiger partial charge in [0.05, 0.1) is 0 Å². The highest BCUT2D eigenvalue weighted by Gasteiger charge is 2.14. The molecule has 0 amide bonds. The summed E-state index contributed by atoms with van der Waals surface area (Å²) in [6.45, 7) is 6.04. The Kier molecular flexibility index (Phi) is 7.08. The lowest BCUT2D eigenvalue weighted by molar-refractivity contribution is 0.108. The number of sulfonamides is 1. The molecule has 3 N–H and O–H groups in total. The SMILES string of the molecule is CC(C)COCCCNS(=O)(=O)c1ccc(CN)cn1. The van der Waals surface area contributed by atoms with Gasteiger partial charge in [0.15, 0.2) is 5.03 Å². The Hall–Kier alpha value is -1.02. The van der Waals surface area contributed by atoms with Crippen LogP contribution in [0.4, 0.5) is 0 Å². The lowest BCUT2D eigenvalue weighted by Gasteiger charge is -2.08. The molecular formula is C13H23N3O3S. The largest absolute Gasteiger partial charge is 0.381 e. The monoisotopic (exact) mass is 301 g/mol. The molecule has 0 fully saturated rings. The minimum absolute atomic E-state index is 0.0119. The van der Waals surface area contributed by atoms with E-state index in [1.54, 1.807) is 6.07 Å². The molecule has 1 heterocycles. The third-order valence-electron chi connectivity index (χ3n) is 2.52. The van der Waals surface area contributed by atoms with Gasteiger partial charge in [0.1, 0.15) is 0 Å². The number of nitrogens with two attached hydrogens (primary N) is 1. The van der Waals surface area contributed by atoms with E-state index in [9.17, 15) is 8.42 Å². The normalized spacial score (nSPS) is 12.0. The minimum Gasteiger partial charge on any atom is -0.381 e. The number of nitrogens with zero attached hydrogens (tertiary/aromatic N) is 1. The third kappa shape index (κ3) is 5.96. The average molecular weight is 301 g/mol. The fourth-order valence-corrected chi connectivity index (χ4v) is 2.46. The van der Waals surface area contributed by atoms with Gasteiger partial charge < -0.3 is 10.5 Å². The van der Waals surface area contributed by atoms with Crippen LogP contribution in [0.3, 0.4) is 0 Å². The molecule has 0 saturated carbocycles. The zero-order chi connectivity index (χ0) is 15.0. The Balaban J connectivity index is 2.37. The highest BCUT2D eigenvalue weighted by atomic mass is 32.2. The van der Waals surface area contributed by atoms with Crippen LogP contribution in [0.25, 0.3) is 0 Å². The Labute approximate surface area is 120 Å². The first-order chi connectivity index (χ1) is 9.45. The number of nitrogens with one attached hydrogen (secondary N) is 1. The van der Waals surface area contributed by atoms with Crippen molar-refractivity contribution in [3.63, 3.8) is 0 Å². The predicted molar refractivity (Wildman–Crippen MR) is 77.6 cm³/mol. The Bertz CT molecular complexity index is 486. The van der Waals surface area contributed by atoms with E-state index in [1.165, 1.54) is 12.3 Å². The highest BCUT2D eigenvalue weighted by molar-refractivity contribution is 7.89. The molecule has 1 rings (SSSR count). The summed E-state index contributed by atoms with van der Waals surface area (Å²) in [6.07, 6.45) is 2.10. The molecule has 6 nitrogen and oxygen atoms in total. The van der Waals surface area contributed by atoms with E-state index >= 15 is 0 Å². The summed E-state index contributed by atoms with van der Waals surface area (Å²) in [5, 5.41) is 0.0119. The van der Waals surface area contributed by atoms with Crippen molar-refractivity contribution < 1.29 is 13.2 Å². The molecule has 0 atom stereocenters. The van der Waals surface area contributed by atoms with Crippen molar-refractivity contribution >= 4 is 10.0 Å². The summed E-state index contributed by atoms with van der Waals surface area (Å²) in [7, 11) is -3.55. The van der Waals surface area contributed by atoms with Crippen molar-refractivity contribution in [1.29, 1.82) is 0 Å². The second-order valence-corrected chi connectivity index (χ2v) is 6.64. The number of pyridine rings is 1. The Morgan fingerprint density at radius 2 is 2.15 bits per heavy atom. The third-order valence-corrected chi connectivity index (χ3v) is 3.89. The van der Waals surface area contributed by atoms with Gasteiger partial charge in [-0.25, -0.2) is 18.1 Å². The average Bonchev–Trinajstić information content (AvgIpc) is 2.42. The van der Waals surface area contributed by atoms with E-state index in [0.717, 1.165) is 5.56 Å². The van der Waals surface area contributed by atoms with Gasteiger partial charge in [0.25, 0.3) is 10.0 Å². The van der Waals surface area contributed by atoms with E-state index in [1.807, 2.05) is 0 Å². The topological polar surface area (TPSA) is 94.3 Å². The standard InChI is InChI=1S/C13H23N3O3S/c1-11(2)10-19-7-3-6-16-20(17,18)13-5-4-12(8-14)9-15-13/h4-5,9,11,16H,3,6-8,10,14H2,1-2H3. The van der Waals surface area contributed by atoms with Gasteiger partial charge in [-0.2, -0.15) is 0 Å². The van der Waals surface area contributed by atoms with Gasteiger partial charge in [-0.1, -0.05) is 19.9 Å². The van der Waals surface area contributed by atoms with Crippen LogP contribution in [0.2, 0.25) is 0 Å². The summed E-state index contributed by atoms with van der Waals surface area (Å²) in [5.74, 6) is 0.483. The summed E-state index contributed by atoms with van der Waals surface area (Å²) in [6, 6.07) is 3.12. The first-order valence-electron chi connectivity index (χ1n) is 6.68. The molecule has 0 aliphatic heterocycles. The Morgan fingerprint density at radius 3 is 2.70 bits per heavy atom. The molecule has 1 aromatic rings. The molecular weight excluding hydrogens is 278 g/mol. The molecule has 0 aromatic carbocycles. The van der Waals surface area contributed by atoms with Crippen molar-refractivity contribution in [1.82, 2.24) is 9.71 Å². The molecule has 0 radical (unpaired) electrons. The van der Waals surface area contributed by atoms with Crippen molar-refractivity contribution in [3.8, 4) is 0 Å². The second-order valence-electron chi connectivity index (χ2n) is 4.93. The van der Waals surface area contributed by atoms with Crippen molar-refractivity contribution in [3.05, 3.63) is 23.9 Å². The molecule has 0 saturated heterocycles. The number of hydrogen-bond acceptors (Lipinski definition) is 5. The summed E-state index contributed by atoms with van der Waals surface area (Å²) < 4.78 is 31.7.